The first-order valence-electron chi connectivity index (χ1n) is 25.5. The number of rotatable bonds is 27. The van der Waals surface area contributed by atoms with Crippen molar-refractivity contribution in [2.45, 2.75) is 39.3 Å². The van der Waals surface area contributed by atoms with E-state index in [4.69, 9.17) is 38.3 Å². The zero-order valence-corrected chi connectivity index (χ0v) is 43.9. The molecule has 8 rings (SSSR count). The van der Waals surface area contributed by atoms with Crippen molar-refractivity contribution in [1.29, 1.82) is 0 Å². The summed E-state index contributed by atoms with van der Waals surface area (Å²) in [5.41, 5.74) is 14.8. The van der Waals surface area contributed by atoms with Gasteiger partial charge in [0.15, 0.2) is 0 Å². The molecule has 72 heavy (non-hydrogen) atoms. The number of ether oxygens (including phenoxy) is 7. The van der Waals surface area contributed by atoms with Crippen LogP contribution in [0.1, 0.15) is 51.4 Å². The van der Waals surface area contributed by atoms with Crippen molar-refractivity contribution in [2.75, 3.05) is 126 Å². The van der Waals surface area contributed by atoms with E-state index < -0.39 is 5.41 Å². The van der Waals surface area contributed by atoms with E-state index in [-0.39, 0.29) is 6.61 Å². The van der Waals surface area contributed by atoms with Crippen molar-refractivity contribution in [1.82, 2.24) is 0 Å². The van der Waals surface area contributed by atoms with Crippen LogP contribution in [0, 0.1) is 13.8 Å². The first-order valence-corrected chi connectivity index (χ1v) is 25.5. The highest BCUT2D eigenvalue weighted by atomic mass is 16.6. The monoisotopic (exact) mass is 976 g/mol. The summed E-state index contributed by atoms with van der Waals surface area (Å²) >= 11 is 0. The summed E-state index contributed by atoms with van der Waals surface area (Å²) in [5, 5.41) is 14.0. The molecule has 1 N–H and O–H groups in total. The van der Waals surface area contributed by atoms with Gasteiger partial charge in [0.25, 0.3) is 0 Å². The minimum absolute atomic E-state index is 0.00429. The van der Waals surface area contributed by atoms with E-state index in [0.29, 0.717) is 79.3 Å². The number of quaternary nitrogens is 1. The molecule has 0 saturated heterocycles. The van der Waals surface area contributed by atoms with Crippen LogP contribution < -0.4 is 9.64 Å². The zero-order chi connectivity index (χ0) is 50.7. The summed E-state index contributed by atoms with van der Waals surface area (Å²) in [6.45, 7) is 14.0. The smallest absolute Gasteiger partial charge is 0.142 e. The second-order valence-corrected chi connectivity index (χ2v) is 19.9. The lowest BCUT2D eigenvalue weighted by atomic mass is 9.66. The summed E-state index contributed by atoms with van der Waals surface area (Å²) in [7, 11) is 10.4. The van der Waals surface area contributed by atoms with E-state index in [2.05, 4.69) is 175 Å². The van der Waals surface area contributed by atoms with E-state index in [9.17, 15) is 0 Å². The third kappa shape index (κ3) is 12.1. The molecule has 0 spiro atoms. The van der Waals surface area contributed by atoms with Gasteiger partial charge in [-0.1, -0.05) is 90.0 Å². The van der Waals surface area contributed by atoms with Crippen LogP contribution in [0.5, 0.6) is 5.75 Å². The molecule has 0 aromatic heterocycles. The van der Waals surface area contributed by atoms with E-state index in [1.54, 1.807) is 7.11 Å². The van der Waals surface area contributed by atoms with Crippen LogP contribution >= 0.6 is 0 Å². The lowest BCUT2D eigenvalue weighted by Gasteiger charge is -2.36. The number of hydrogen-bond donors (Lipinski definition) is 1. The van der Waals surface area contributed by atoms with Crippen molar-refractivity contribution in [3.8, 4) is 28.0 Å². The Morgan fingerprint density at radius 2 is 1.07 bits per heavy atom. The lowest BCUT2D eigenvalue weighted by Crippen LogP contribution is -2.38. The molecule has 0 heterocycles. The molecule has 0 fully saturated rings. The quantitative estimate of drug-likeness (QED) is 0.0307. The first-order chi connectivity index (χ1) is 34.9. The molecule has 380 valence electrons. The molecule has 1 aliphatic rings. The van der Waals surface area contributed by atoms with Gasteiger partial charge in [0.1, 0.15) is 18.9 Å². The lowest BCUT2D eigenvalue weighted by molar-refractivity contribution is -0.901. The molecule has 10 heteroatoms. The molecule has 1 unspecified atom stereocenters. The molecule has 1 atom stereocenters. The highest BCUT2D eigenvalue weighted by Crippen LogP contribution is 2.58. The Hall–Kier alpha value is -5.66. The Balaban J connectivity index is 1.24. The number of fused-ring (bicyclic) bond motifs is 5. The zero-order valence-electron chi connectivity index (χ0n) is 43.9. The second-order valence-electron chi connectivity index (χ2n) is 19.9. The van der Waals surface area contributed by atoms with Crippen LogP contribution in [0.25, 0.3) is 43.8 Å². The van der Waals surface area contributed by atoms with Gasteiger partial charge in [0.2, 0.25) is 0 Å². The summed E-state index contributed by atoms with van der Waals surface area (Å²) in [4.78, 5) is 2.15. The maximum absolute atomic E-state index is 9.02. The number of hydrogen-bond acceptors (Lipinski definition) is 9. The van der Waals surface area contributed by atoms with Gasteiger partial charge in [0, 0.05) is 26.8 Å². The average Bonchev–Trinajstić information content (AvgIpc) is 3.66. The summed E-state index contributed by atoms with van der Waals surface area (Å²) < 4.78 is 41.4. The molecule has 0 amide bonds. The number of aryl methyl sites for hydroxylation is 2. The minimum Gasteiger partial charge on any atom is -0.489 e. The van der Waals surface area contributed by atoms with Gasteiger partial charge < -0.3 is 47.6 Å². The Morgan fingerprint density at radius 3 is 1.76 bits per heavy atom. The molecular weight excluding hydrogens is 901 g/mol. The van der Waals surface area contributed by atoms with Gasteiger partial charge in [0.05, 0.1) is 111 Å². The Kier molecular flexibility index (Phi) is 17.8. The van der Waals surface area contributed by atoms with Crippen LogP contribution in [0.15, 0.2) is 121 Å². The van der Waals surface area contributed by atoms with Crippen LogP contribution in [0.3, 0.4) is 0 Å². The number of nitrogens with zero attached hydrogens (tertiary/aromatic N) is 2. The summed E-state index contributed by atoms with van der Waals surface area (Å²) in [6.07, 6.45) is 0. The Bertz CT molecular complexity index is 2930. The third-order valence-corrected chi connectivity index (χ3v) is 14.1. The van der Waals surface area contributed by atoms with Crippen LogP contribution in [-0.4, -0.2) is 131 Å². The fourth-order valence-corrected chi connectivity index (χ4v) is 10.0. The van der Waals surface area contributed by atoms with E-state index >= 15 is 0 Å². The van der Waals surface area contributed by atoms with Gasteiger partial charge in [-0.05, 0) is 135 Å². The number of aliphatic hydroxyl groups is 1. The molecule has 7 aromatic rings. The fraction of sp³-hybridized carbons (Fsp3) is 0.387. The number of anilines is 1. The maximum Gasteiger partial charge on any atom is 0.142 e. The summed E-state index contributed by atoms with van der Waals surface area (Å²) in [6, 6.07) is 46.2. The maximum atomic E-state index is 9.02. The van der Waals surface area contributed by atoms with E-state index in [1.807, 2.05) is 0 Å². The van der Waals surface area contributed by atoms with Crippen molar-refractivity contribution in [2.24, 2.45) is 0 Å². The third-order valence-electron chi connectivity index (χ3n) is 14.1. The molecule has 1 aliphatic carbocycles. The number of methoxy groups -OCH3 is 1. The number of aliphatic hydroxyl groups excluding tert-OH is 1. The predicted octanol–water partition coefficient (Wildman–Crippen LogP) is 10.9. The molecule has 0 radical (unpaired) electrons. The Labute approximate surface area is 427 Å². The van der Waals surface area contributed by atoms with Crippen LogP contribution in [-0.2, 0) is 47.0 Å². The Morgan fingerprint density at radius 1 is 0.514 bits per heavy atom. The van der Waals surface area contributed by atoms with Crippen molar-refractivity contribution in [3.05, 3.63) is 166 Å². The molecular formula is C62H75N2O8+. The molecule has 7 aromatic carbocycles. The van der Waals surface area contributed by atoms with Gasteiger partial charge in [-0.2, -0.15) is 0 Å². The van der Waals surface area contributed by atoms with Gasteiger partial charge >= 0.3 is 0 Å². The fourth-order valence-electron chi connectivity index (χ4n) is 10.0. The average molecular weight is 976 g/mol. The van der Waals surface area contributed by atoms with Gasteiger partial charge in [-0.15, -0.1) is 0 Å². The summed E-state index contributed by atoms with van der Waals surface area (Å²) in [5.74, 6) is 0.797. The van der Waals surface area contributed by atoms with Crippen LogP contribution in [0.4, 0.5) is 5.69 Å². The van der Waals surface area contributed by atoms with E-state index in [0.717, 1.165) is 40.1 Å². The first kappa shape index (κ1) is 52.7. The topological polar surface area (TPSA) is 88.1 Å². The SMILES string of the molecule is CC[N+](C)(C)Cc1cc(C2(c3ccc(OCCOCCOCCOC)c(N(C)C)c3)c3cc(C)ccc3-c3ccc(-c4ccc5cc6cc(C)ccc6cc5c4)cc32)ccc1COCCOCCOCCO. The van der Waals surface area contributed by atoms with Crippen molar-refractivity contribution in [3.63, 3.8) is 0 Å². The normalized spacial score (nSPS) is 14.3. The van der Waals surface area contributed by atoms with Gasteiger partial charge in [-0.3, -0.25) is 0 Å². The predicted molar refractivity (Wildman–Crippen MR) is 292 cm³/mol. The molecule has 0 saturated carbocycles. The highest BCUT2D eigenvalue weighted by molar-refractivity contribution is 6.00. The number of benzene rings is 7. The van der Waals surface area contributed by atoms with Crippen LogP contribution in [0.2, 0.25) is 0 Å². The standard InChI is InChI=1S/C62H75N2O8/c1-9-64(6,7)42-53-39-54(17-15-50(53)43-71-31-30-69-27-26-67-23-22-65)62(55-18-21-61(60(41-55)63(4)5)72-33-32-70-29-28-68-25-24-66-8)58-35-45(3)11-19-56(58)57-20-16-49(40-59(57)62)46-13-14-48-37-51-34-44(2)10-12-47(51)38-52(48)36-46/h10-21,34-41,65H,9,22-33,42-43H2,1-8H3/q+1. The van der Waals surface area contributed by atoms with Crippen molar-refractivity contribution >= 4 is 27.2 Å². The molecule has 0 bridgehead atoms. The van der Waals surface area contributed by atoms with Gasteiger partial charge in [-0.25, -0.2) is 0 Å². The second kappa shape index (κ2) is 24.4. The highest BCUT2D eigenvalue weighted by Gasteiger charge is 2.47. The molecule has 0 aliphatic heterocycles. The largest absolute Gasteiger partial charge is 0.489 e. The minimum atomic E-state index is -0.712. The van der Waals surface area contributed by atoms with Crippen molar-refractivity contribution < 1.29 is 42.7 Å². The van der Waals surface area contributed by atoms with E-state index in [1.165, 1.54) is 77.2 Å². The molecule has 10 nitrogen and oxygen atoms in total.